The van der Waals surface area contributed by atoms with Gasteiger partial charge < -0.3 is 44.5 Å². The quantitative estimate of drug-likeness (QED) is 0.109. The highest BCUT2D eigenvalue weighted by atomic mass is 32.1. The molecule has 3 heterocycles. The van der Waals surface area contributed by atoms with Crippen LogP contribution in [-0.4, -0.2) is 93.4 Å². The van der Waals surface area contributed by atoms with Gasteiger partial charge in [-0.15, -0.1) is 17.9 Å². The van der Waals surface area contributed by atoms with Crippen LogP contribution in [0.4, 0.5) is 9.93 Å². The molecule has 16 nitrogen and oxygen atoms in total. The van der Waals surface area contributed by atoms with E-state index in [1.54, 1.807) is 64.5 Å². The number of methoxy groups -OCH3 is 1. The van der Waals surface area contributed by atoms with Gasteiger partial charge in [0, 0.05) is 42.2 Å². The van der Waals surface area contributed by atoms with Crippen molar-refractivity contribution in [2.75, 3.05) is 25.6 Å². The van der Waals surface area contributed by atoms with Gasteiger partial charge in [0.05, 0.1) is 31.5 Å². The highest BCUT2D eigenvalue weighted by Crippen LogP contribution is 2.70. The SMILES string of the molecule is C=C[C@@H]1C[C@]1(NC(=O)[C@@H]1C[C@@H](Oc2cc(-c3csc(NC(C)=O)n3)nc3cc(OC)ccc23)CN1C(=O)[C@@H](NC(=O)OC1CCCC1)C(C)(C)C)P(=O)(O)OCC. The van der Waals surface area contributed by atoms with Crippen molar-refractivity contribution in [2.24, 2.45) is 11.3 Å². The third-order valence-electron chi connectivity index (χ3n) is 10.5. The average Bonchev–Trinajstić information content (AvgIpc) is 3.55. The Balaban J connectivity index is 1.34. The number of likely N-dealkylation sites (tertiary alicyclic amines) is 1. The first-order chi connectivity index (χ1) is 27.0. The van der Waals surface area contributed by atoms with Crippen molar-refractivity contribution in [2.45, 2.75) is 103 Å². The summed E-state index contributed by atoms with van der Waals surface area (Å²) in [6.45, 7) is 12.0. The number of hydrogen-bond donors (Lipinski definition) is 4. The van der Waals surface area contributed by atoms with E-state index >= 15 is 0 Å². The van der Waals surface area contributed by atoms with Gasteiger partial charge in [0.2, 0.25) is 17.7 Å². The number of thiazole rings is 1. The Morgan fingerprint density at radius 2 is 1.88 bits per heavy atom. The summed E-state index contributed by atoms with van der Waals surface area (Å²) < 4.78 is 36.6. The van der Waals surface area contributed by atoms with Crippen molar-refractivity contribution in [3.8, 4) is 22.9 Å². The van der Waals surface area contributed by atoms with E-state index in [4.69, 9.17) is 23.7 Å². The van der Waals surface area contributed by atoms with E-state index in [1.165, 1.54) is 29.2 Å². The molecule has 18 heteroatoms. The number of aromatic nitrogens is 2. The smallest absolute Gasteiger partial charge is 0.408 e. The fourth-order valence-electron chi connectivity index (χ4n) is 7.49. The second kappa shape index (κ2) is 16.7. The van der Waals surface area contributed by atoms with E-state index in [0.717, 1.165) is 25.7 Å². The van der Waals surface area contributed by atoms with Crippen LogP contribution in [0, 0.1) is 11.3 Å². The molecule has 308 valence electrons. The predicted molar refractivity (Wildman–Crippen MR) is 214 cm³/mol. The number of benzene rings is 1. The molecule has 1 aliphatic heterocycles. The number of amides is 4. The van der Waals surface area contributed by atoms with Crippen LogP contribution in [-0.2, 0) is 28.2 Å². The zero-order valence-corrected chi connectivity index (χ0v) is 34.7. The Kier molecular flexibility index (Phi) is 12.3. The number of pyridine rings is 1. The Hall–Kier alpha value is -4.57. The molecule has 3 aromatic rings. The lowest BCUT2D eigenvalue weighted by Crippen LogP contribution is -2.58. The molecule has 6 atom stereocenters. The molecule has 4 N–H and O–H groups in total. The maximum Gasteiger partial charge on any atom is 0.408 e. The van der Waals surface area contributed by atoms with Crippen LogP contribution < -0.4 is 25.4 Å². The van der Waals surface area contributed by atoms with Gasteiger partial charge in [0.1, 0.15) is 46.8 Å². The number of rotatable bonds is 14. The number of hydrogen-bond acceptors (Lipinski definition) is 12. The number of ether oxygens (including phenoxy) is 3. The van der Waals surface area contributed by atoms with Crippen LogP contribution in [0.25, 0.3) is 22.3 Å². The van der Waals surface area contributed by atoms with Gasteiger partial charge in [-0.05, 0) is 56.6 Å². The molecule has 4 amide bonds. The molecular formula is C39H51N6O10PS. The predicted octanol–water partition coefficient (Wildman–Crippen LogP) is 6.00. The number of nitrogens with one attached hydrogen (secondary N) is 3. The molecule has 0 spiro atoms. The zero-order valence-electron chi connectivity index (χ0n) is 33.0. The second-order valence-electron chi connectivity index (χ2n) is 15.7. The third-order valence-corrected chi connectivity index (χ3v) is 13.5. The minimum Gasteiger partial charge on any atom is -0.497 e. The molecule has 2 aromatic heterocycles. The third kappa shape index (κ3) is 9.11. The maximum atomic E-state index is 14.7. The minimum atomic E-state index is -4.38. The fourth-order valence-corrected chi connectivity index (χ4v) is 10.0. The number of carbonyl (C=O) groups excluding carboxylic acids is 4. The molecule has 57 heavy (non-hydrogen) atoms. The van der Waals surface area contributed by atoms with Crippen LogP contribution in [0.3, 0.4) is 0 Å². The largest absolute Gasteiger partial charge is 0.497 e. The summed E-state index contributed by atoms with van der Waals surface area (Å²) in [5.41, 5.74) is 0.634. The summed E-state index contributed by atoms with van der Waals surface area (Å²) in [5.74, 6) is -1.08. The van der Waals surface area contributed by atoms with Crippen molar-refractivity contribution >= 4 is 58.8 Å². The minimum absolute atomic E-state index is 0.00115. The van der Waals surface area contributed by atoms with Gasteiger partial charge in [-0.3, -0.25) is 18.9 Å². The second-order valence-corrected chi connectivity index (χ2v) is 18.7. The van der Waals surface area contributed by atoms with E-state index in [9.17, 15) is 28.6 Å². The highest BCUT2D eigenvalue weighted by molar-refractivity contribution is 7.55. The van der Waals surface area contributed by atoms with Gasteiger partial charge in [-0.2, -0.15) is 0 Å². The Bertz CT molecular complexity index is 2080. The van der Waals surface area contributed by atoms with Crippen molar-refractivity contribution in [3.05, 3.63) is 42.3 Å². The van der Waals surface area contributed by atoms with Crippen LogP contribution >= 0.6 is 18.9 Å². The first-order valence-electron chi connectivity index (χ1n) is 19.1. The molecule has 3 fully saturated rings. The lowest BCUT2D eigenvalue weighted by Gasteiger charge is -2.35. The molecule has 2 aliphatic carbocycles. The number of anilines is 1. The Morgan fingerprint density at radius 3 is 2.51 bits per heavy atom. The van der Waals surface area contributed by atoms with Crippen LogP contribution in [0.15, 0.2) is 42.3 Å². The molecule has 0 bridgehead atoms. The lowest BCUT2D eigenvalue weighted by molar-refractivity contribution is -0.142. The van der Waals surface area contributed by atoms with Crippen molar-refractivity contribution in [1.29, 1.82) is 0 Å². The van der Waals surface area contributed by atoms with Gasteiger partial charge in [0.25, 0.3) is 0 Å². The van der Waals surface area contributed by atoms with Crippen molar-refractivity contribution in [3.63, 3.8) is 0 Å². The van der Waals surface area contributed by atoms with Gasteiger partial charge in [-0.25, -0.2) is 14.8 Å². The van der Waals surface area contributed by atoms with E-state index in [-0.39, 0.29) is 38.0 Å². The topological polar surface area (TPSA) is 208 Å². The first kappa shape index (κ1) is 42.0. The van der Waals surface area contributed by atoms with Gasteiger partial charge in [-0.1, -0.05) is 26.8 Å². The highest BCUT2D eigenvalue weighted by Gasteiger charge is 2.67. The summed E-state index contributed by atoms with van der Waals surface area (Å²) in [6.07, 6.45) is 3.31. The normalized spacial score (nSPS) is 23.6. The van der Waals surface area contributed by atoms with E-state index in [1.807, 2.05) is 0 Å². The molecule has 0 radical (unpaired) electrons. The standard InChI is InChI=1S/C39H51N6O10PS/c1-8-23-19-39(23,56(50,51)53-9-2)44-34(47)31-17-26(20-45(31)35(48)33(38(4,5)6)43-37(49)55-24-12-10-11-13-24)54-32-18-29(30-21-57-36(42-30)40-22(3)46)41-28-16-25(52-7)14-15-27(28)32/h8,14-16,18,21,23-24,26,31,33H,1,9-13,17,19-20H2,2-7H3,(H,43,49)(H,44,47)(H,50,51)(H,40,42,46)/t23-,26-,31+,33-,39+/m1/s1. The average molecular weight is 827 g/mol. The number of alkyl carbamates (subject to hydrolysis) is 1. The molecule has 1 saturated heterocycles. The molecule has 3 aliphatic rings. The number of nitrogens with zero attached hydrogens (tertiary/aromatic N) is 3. The molecule has 1 aromatic carbocycles. The van der Waals surface area contributed by atoms with Crippen molar-refractivity contribution in [1.82, 2.24) is 25.5 Å². The summed E-state index contributed by atoms with van der Waals surface area (Å²) in [6, 6.07) is 4.73. The number of fused-ring (bicyclic) bond motifs is 1. The van der Waals surface area contributed by atoms with Crippen LogP contribution in [0.5, 0.6) is 11.5 Å². The van der Waals surface area contributed by atoms with Crippen LogP contribution in [0.1, 0.15) is 73.1 Å². The molecule has 2 saturated carbocycles. The summed E-state index contributed by atoms with van der Waals surface area (Å²) in [4.78, 5) is 75.6. The van der Waals surface area contributed by atoms with Crippen LogP contribution in [0.2, 0.25) is 0 Å². The van der Waals surface area contributed by atoms with E-state index in [2.05, 4.69) is 27.5 Å². The van der Waals surface area contributed by atoms with E-state index < -0.39 is 60.3 Å². The van der Waals surface area contributed by atoms with Crippen molar-refractivity contribution < 1.29 is 47.4 Å². The zero-order chi connectivity index (χ0) is 41.3. The van der Waals surface area contributed by atoms with Gasteiger partial charge in [0.15, 0.2) is 5.13 Å². The number of carbonyl (C=O) groups is 4. The summed E-state index contributed by atoms with van der Waals surface area (Å²) in [5, 5.41) is 9.41. The molecular weight excluding hydrogens is 776 g/mol. The monoisotopic (exact) mass is 826 g/mol. The first-order valence-corrected chi connectivity index (χ1v) is 21.5. The Labute approximate surface area is 335 Å². The fraction of sp³-hybridized carbons (Fsp3) is 0.538. The molecule has 1 unspecified atom stereocenters. The Morgan fingerprint density at radius 1 is 1.14 bits per heavy atom. The lowest BCUT2D eigenvalue weighted by atomic mass is 9.85. The summed E-state index contributed by atoms with van der Waals surface area (Å²) >= 11 is 1.24. The van der Waals surface area contributed by atoms with E-state index in [0.29, 0.717) is 38.9 Å². The maximum absolute atomic E-state index is 14.7. The van der Waals surface area contributed by atoms with Gasteiger partial charge >= 0.3 is 13.7 Å². The summed E-state index contributed by atoms with van der Waals surface area (Å²) in [7, 11) is -2.84. The molecule has 6 rings (SSSR count).